The summed E-state index contributed by atoms with van der Waals surface area (Å²) in [5.74, 6) is -1.02. The van der Waals surface area contributed by atoms with Crippen molar-refractivity contribution in [2.24, 2.45) is 0 Å². The van der Waals surface area contributed by atoms with Crippen molar-refractivity contribution in [2.45, 2.75) is 31.5 Å². The highest BCUT2D eigenvalue weighted by Crippen LogP contribution is 2.18. The topological polar surface area (TPSA) is 69.2 Å². The van der Waals surface area contributed by atoms with Crippen LogP contribution >= 0.6 is 23.4 Å². The second kappa shape index (κ2) is 8.26. The second-order valence-electron chi connectivity index (χ2n) is 5.02. The number of Topliss-reactive ketones (excluding diaryl/α,β-unsaturated/α-hetero) is 1. The molecule has 1 aromatic heterocycles. The number of hydrogen-bond acceptors (Lipinski definition) is 6. The summed E-state index contributed by atoms with van der Waals surface area (Å²) in [6.07, 6.45) is 3.08. The lowest BCUT2D eigenvalue weighted by atomic mass is 10.0. The van der Waals surface area contributed by atoms with Gasteiger partial charge in [0, 0.05) is 5.56 Å². The zero-order valence-electron chi connectivity index (χ0n) is 13.6. The number of thioether (sulfide) groups is 1. The monoisotopic (exact) mass is 364 g/mol. The quantitative estimate of drug-likeness (QED) is 0.335. The lowest BCUT2D eigenvalue weighted by molar-refractivity contribution is 0.0312. The number of aryl methyl sites for hydroxylation is 1. The second-order valence-corrected chi connectivity index (χ2v) is 6.20. The van der Waals surface area contributed by atoms with Gasteiger partial charge in [-0.2, -0.15) is 0 Å². The van der Waals surface area contributed by atoms with E-state index in [1.807, 2.05) is 19.1 Å². The molecule has 24 heavy (non-hydrogen) atoms. The third kappa shape index (κ3) is 4.33. The number of halogens is 1. The van der Waals surface area contributed by atoms with Crippen LogP contribution in [0.3, 0.4) is 0 Å². The predicted octanol–water partition coefficient (Wildman–Crippen LogP) is 3.84. The molecule has 2 rings (SSSR count). The molecule has 1 unspecified atom stereocenters. The summed E-state index contributed by atoms with van der Waals surface area (Å²) in [5, 5.41) is 0.491. The molecule has 0 amide bonds. The van der Waals surface area contributed by atoms with E-state index in [1.165, 1.54) is 24.9 Å². The van der Waals surface area contributed by atoms with Gasteiger partial charge in [-0.25, -0.2) is 14.8 Å². The summed E-state index contributed by atoms with van der Waals surface area (Å²) in [6, 6.07) is 7.23. The fourth-order valence-corrected chi connectivity index (χ4v) is 2.51. The Kier molecular flexibility index (Phi) is 6.34. The van der Waals surface area contributed by atoms with Crippen LogP contribution in [-0.2, 0) is 11.2 Å². The molecule has 126 valence electrons. The van der Waals surface area contributed by atoms with Gasteiger partial charge in [0.2, 0.25) is 5.78 Å². The minimum absolute atomic E-state index is 0.0444. The van der Waals surface area contributed by atoms with Crippen LogP contribution < -0.4 is 0 Å². The number of hydrogen-bond donors (Lipinski definition) is 0. The highest BCUT2D eigenvalue weighted by atomic mass is 35.5. The standard InChI is InChI=1S/C17H17ClN2O3S/c1-4-11-5-7-12(8-6-11)15(21)10(2)23-16(22)14-13(18)9-19-17(20-14)24-3/h5-10H,4H2,1-3H3. The number of aromatic nitrogens is 2. The number of ether oxygens (including phenoxy) is 1. The summed E-state index contributed by atoms with van der Waals surface area (Å²) in [4.78, 5) is 32.6. The normalized spacial score (nSPS) is 11.8. The van der Waals surface area contributed by atoms with E-state index in [0.717, 1.165) is 12.0 Å². The van der Waals surface area contributed by atoms with Gasteiger partial charge < -0.3 is 4.74 Å². The molecule has 0 bridgehead atoms. The molecule has 0 saturated carbocycles. The Morgan fingerprint density at radius 3 is 2.54 bits per heavy atom. The van der Waals surface area contributed by atoms with Gasteiger partial charge in [-0.15, -0.1) is 0 Å². The van der Waals surface area contributed by atoms with Crippen molar-refractivity contribution < 1.29 is 14.3 Å². The number of ketones is 1. The van der Waals surface area contributed by atoms with Crippen LogP contribution in [0.5, 0.6) is 0 Å². The van der Waals surface area contributed by atoms with Gasteiger partial charge >= 0.3 is 5.97 Å². The average Bonchev–Trinajstić information content (AvgIpc) is 2.61. The highest BCUT2D eigenvalue weighted by molar-refractivity contribution is 7.98. The molecule has 1 atom stereocenters. The van der Waals surface area contributed by atoms with Crippen LogP contribution in [0.4, 0.5) is 0 Å². The molecule has 2 aromatic rings. The lowest BCUT2D eigenvalue weighted by Gasteiger charge is -2.13. The Labute approximate surface area is 149 Å². The van der Waals surface area contributed by atoms with E-state index in [9.17, 15) is 9.59 Å². The van der Waals surface area contributed by atoms with Gasteiger partial charge in [0.1, 0.15) is 0 Å². The number of carbonyl (C=O) groups excluding carboxylic acids is 2. The zero-order chi connectivity index (χ0) is 17.7. The molecule has 0 N–H and O–H groups in total. The van der Waals surface area contributed by atoms with Crippen molar-refractivity contribution in [1.29, 1.82) is 0 Å². The number of nitrogens with zero attached hydrogens (tertiary/aromatic N) is 2. The van der Waals surface area contributed by atoms with Crippen LogP contribution in [0.25, 0.3) is 0 Å². The first-order valence-electron chi connectivity index (χ1n) is 7.37. The Morgan fingerprint density at radius 2 is 1.96 bits per heavy atom. The molecule has 7 heteroatoms. The van der Waals surface area contributed by atoms with E-state index >= 15 is 0 Å². The summed E-state index contributed by atoms with van der Waals surface area (Å²) in [7, 11) is 0. The first kappa shape index (κ1) is 18.4. The molecular formula is C17H17ClN2O3S. The SMILES string of the molecule is CCc1ccc(C(=O)C(C)OC(=O)c2nc(SC)ncc2Cl)cc1. The van der Waals surface area contributed by atoms with Crippen LogP contribution in [0.15, 0.2) is 35.6 Å². The smallest absolute Gasteiger partial charge is 0.359 e. The van der Waals surface area contributed by atoms with Crippen molar-refractivity contribution in [1.82, 2.24) is 9.97 Å². The molecule has 0 fully saturated rings. The third-order valence-corrected chi connectivity index (χ3v) is 4.24. The number of benzene rings is 1. The summed E-state index contributed by atoms with van der Waals surface area (Å²) < 4.78 is 5.22. The molecule has 1 aromatic carbocycles. The summed E-state index contributed by atoms with van der Waals surface area (Å²) >= 11 is 7.22. The fraction of sp³-hybridized carbons (Fsp3) is 0.294. The molecule has 1 heterocycles. The van der Waals surface area contributed by atoms with Crippen molar-refractivity contribution in [2.75, 3.05) is 6.26 Å². The van der Waals surface area contributed by atoms with Gasteiger partial charge in [-0.1, -0.05) is 54.6 Å². The molecule has 0 saturated heterocycles. The van der Waals surface area contributed by atoms with E-state index in [-0.39, 0.29) is 16.5 Å². The van der Waals surface area contributed by atoms with Crippen LogP contribution in [0, 0.1) is 0 Å². The Hall–Kier alpha value is -1.92. The van der Waals surface area contributed by atoms with Crippen molar-refractivity contribution in [3.63, 3.8) is 0 Å². The number of carbonyl (C=O) groups is 2. The maximum atomic E-state index is 12.4. The molecule has 5 nitrogen and oxygen atoms in total. The molecule has 0 aliphatic rings. The van der Waals surface area contributed by atoms with Crippen LogP contribution in [0.1, 0.15) is 40.3 Å². The van der Waals surface area contributed by atoms with E-state index in [1.54, 1.807) is 18.4 Å². The van der Waals surface area contributed by atoms with Gasteiger partial charge in [-0.05, 0) is 25.2 Å². The first-order chi connectivity index (χ1) is 11.5. The minimum Gasteiger partial charge on any atom is -0.449 e. The van der Waals surface area contributed by atoms with E-state index < -0.39 is 12.1 Å². The molecule has 0 spiro atoms. The van der Waals surface area contributed by atoms with Crippen molar-refractivity contribution in [3.05, 3.63) is 52.3 Å². The van der Waals surface area contributed by atoms with Gasteiger partial charge in [-0.3, -0.25) is 4.79 Å². The maximum absolute atomic E-state index is 12.4. The number of rotatable bonds is 6. The van der Waals surface area contributed by atoms with Crippen molar-refractivity contribution in [3.8, 4) is 0 Å². The van der Waals surface area contributed by atoms with Gasteiger partial charge in [0.05, 0.1) is 11.2 Å². The summed E-state index contributed by atoms with van der Waals surface area (Å²) in [6.45, 7) is 3.56. The van der Waals surface area contributed by atoms with E-state index in [0.29, 0.717) is 10.7 Å². The Balaban J connectivity index is 2.11. The van der Waals surface area contributed by atoms with Crippen molar-refractivity contribution >= 4 is 35.1 Å². The van der Waals surface area contributed by atoms with E-state index in [2.05, 4.69) is 9.97 Å². The van der Waals surface area contributed by atoms with Gasteiger partial charge in [0.25, 0.3) is 0 Å². The summed E-state index contributed by atoms with van der Waals surface area (Å²) in [5.41, 5.74) is 1.58. The molecule has 0 radical (unpaired) electrons. The third-order valence-electron chi connectivity index (χ3n) is 3.40. The fourth-order valence-electron chi connectivity index (χ4n) is 2.00. The lowest BCUT2D eigenvalue weighted by Crippen LogP contribution is -2.25. The maximum Gasteiger partial charge on any atom is 0.359 e. The minimum atomic E-state index is -0.936. The Bertz CT molecular complexity index is 750. The van der Waals surface area contributed by atoms with Crippen LogP contribution in [0.2, 0.25) is 5.02 Å². The Morgan fingerprint density at radius 1 is 1.29 bits per heavy atom. The molecule has 0 aliphatic carbocycles. The predicted molar refractivity (Wildman–Crippen MR) is 93.9 cm³/mol. The van der Waals surface area contributed by atoms with E-state index in [4.69, 9.17) is 16.3 Å². The molecule has 0 aliphatic heterocycles. The first-order valence-corrected chi connectivity index (χ1v) is 8.97. The number of esters is 1. The largest absolute Gasteiger partial charge is 0.449 e. The van der Waals surface area contributed by atoms with Gasteiger partial charge in [0.15, 0.2) is 17.0 Å². The zero-order valence-corrected chi connectivity index (χ0v) is 15.1. The average molecular weight is 365 g/mol. The van der Waals surface area contributed by atoms with Crippen LogP contribution in [-0.4, -0.2) is 34.1 Å². The highest BCUT2D eigenvalue weighted by Gasteiger charge is 2.23. The molecular weight excluding hydrogens is 348 g/mol.